The maximum Gasteiger partial charge on any atom is 0.411 e. The molecule has 128 valence electrons. The van der Waals surface area contributed by atoms with Gasteiger partial charge in [0.15, 0.2) is 0 Å². The Balaban J connectivity index is 2.58. The van der Waals surface area contributed by atoms with Gasteiger partial charge in [0.25, 0.3) is 11.6 Å². The van der Waals surface area contributed by atoms with Crippen molar-refractivity contribution in [1.82, 2.24) is 0 Å². The molecule has 0 aliphatic carbocycles. The summed E-state index contributed by atoms with van der Waals surface area (Å²) in [6.07, 6.45) is -3.72. The highest BCUT2D eigenvalue weighted by Gasteiger charge is 2.31. The van der Waals surface area contributed by atoms with E-state index in [1.165, 1.54) is 30.3 Å². The van der Waals surface area contributed by atoms with E-state index in [1.807, 2.05) is 5.32 Å². The molecule has 9 nitrogen and oxygen atoms in total. The molecule has 10 heteroatoms. The Morgan fingerprint density at radius 2 is 1.68 bits per heavy atom. The van der Waals surface area contributed by atoms with E-state index >= 15 is 0 Å². The minimum Gasteiger partial charge on any atom is -0.465 e. The average molecular weight is 347 g/mol. The predicted octanol–water partition coefficient (Wildman–Crippen LogP) is 3.42. The summed E-state index contributed by atoms with van der Waals surface area (Å²) in [5.41, 5.74) is -1.79. The van der Waals surface area contributed by atoms with Crippen molar-refractivity contribution in [3.8, 4) is 0 Å². The lowest BCUT2D eigenvalue weighted by atomic mass is 10.1. The second-order valence-corrected chi connectivity index (χ2v) is 4.62. The maximum atomic E-state index is 13.6. The number of imide groups is 1. The minimum atomic E-state index is -2.22. The smallest absolute Gasteiger partial charge is 0.411 e. The SMILES string of the molecule is O=C(O)Nc1ccccc1N(C(=O)F)C(=O)c1ccccc1[N+](=O)[O-]. The predicted molar refractivity (Wildman–Crippen MR) is 84.5 cm³/mol. The number of nitro groups is 1. The number of carbonyl (C=O) groups is 3. The van der Waals surface area contributed by atoms with Gasteiger partial charge in [0.05, 0.1) is 16.3 Å². The number of rotatable bonds is 4. The molecular formula is C15H10FN3O6. The maximum absolute atomic E-state index is 13.6. The highest BCUT2D eigenvalue weighted by molar-refractivity contribution is 6.22. The molecule has 0 fully saturated rings. The van der Waals surface area contributed by atoms with Gasteiger partial charge in [-0.1, -0.05) is 24.3 Å². The van der Waals surface area contributed by atoms with Gasteiger partial charge in [-0.3, -0.25) is 20.2 Å². The van der Waals surface area contributed by atoms with Crippen LogP contribution in [-0.4, -0.2) is 28.2 Å². The average Bonchev–Trinajstić information content (AvgIpc) is 2.55. The van der Waals surface area contributed by atoms with Crippen LogP contribution in [0.5, 0.6) is 0 Å². The molecule has 0 spiro atoms. The number of anilines is 2. The van der Waals surface area contributed by atoms with Crippen LogP contribution in [-0.2, 0) is 0 Å². The molecule has 0 aliphatic heterocycles. The molecule has 2 aromatic carbocycles. The van der Waals surface area contributed by atoms with Crippen LogP contribution < -0.4 is 10.2 Å². The van der Waals surface area contributed by atoms with Crippen LogP contribution in [0.25, 0.3) is 0 Å². The van der Waals surface area contributed by atoms with E-state index in [2.05, 4.69) is 0 Å². The summed E-state index contributed by atoms with van der Waals surface area (Å²) in [5, 5.41) is 21.8. The van der Waals surface area contributed by atoms with Crippen molar-refractivity contribution in [3.05, 3.63) is 64.2 Å². The number of hydrogen-bond acceptors (Lipinski definition) is 5. The number of carbonyl (C=O) groups excluding carboxylic acids is 2. The molecule has 0 heterocycles. The third-order valence-electron chi connectivity index (χ3n) is 3.10. The zero-order valence-corrected chi connectivity index (χ0v) is 12.4. The number of benzene rings is 2. The number of nitrogens with one attached hydrogen (secondary N) is 1. The largest absolute Gasteiger partial charge is 0.465 e. The molecule has 0 aliphatic rings. The molecule has 25 heavy (non-hydrogen) atoms. The molecule has 2 rings (SSSR count). The fraction of sp³-hybridized carbons (Fsp3) is 0. The lowest BCUT2D eigenvalue weighted by molar-refractivity contribution is -0.385. The minimum absolute atomic E-state index is 0.0214. The van der Waals surface area contributed by atoms with Crippen LogP contribution in [0.2, 0.25) is 0 Å². The summed E-state index contributed by atoms with van der Waals surface area (Å²) >= 11 is 0. The molecule has 0 unspecified atom stereocenters. The molecule has 0 saturated heterocycles. The number of para-hydroxylation sites is 3. The number of carboxylic acid groups (broad SMARTS) is 1. The quantitative estimate of drug-likeness (QED) is 0.377. The first-order valence-electron chi connectivity index (χ1n) is 6.69. The Bertz CT molecular complexity index is 870. The first kappa shape index (κ1) is 17.5. The molecule has 3 amide bonds. The number of halogens is 1. The summed E-state index contributed by atoms with van der Waals surface area (Å²) in [7, 11) is 0. The Hall–Kier alpha value is -3.82. The van der Waals surface area contributed by atoms with Crippen molar-refractivity contribution in [2.45, 2.75) is 0 Å². The molecule has 2 aromatic rings. The van der Waals surface area contributed by atoms with Crippen molar-refractivity contribution in [1.29, 1.82) is 0 Å². The van der Waals surface area contributed by atoms with Gasteiger partial charge in [-0.05, 0) is 18.2 Å². The van der Waals surface area contributed by atoms with Crippen LogP contribution >= 0.6 is 0 Å². The van der Waals surface area contributed by atoms with Crippen molar-refractivity contribution in [2.75, 3.05) is 10.2 Å². The van der Waals surface area contributed by atoms with Gasteiger partial charge in [0.2, 0.25) is 0 Å². The van der Waals surface area contributed by atoms with E-state index in [1.54, 1.807) is 0 Å². The normalized spacial score (nSPS) is 9.96. The number of hydrogen-bond donors (Lipinski definition) is 2. The van der Waals surface area contributed by atoms with Crippen molar-refractivity contribution in [2.24, 2.45) is 0 Å². The van der Waals surface area contributed by atoms with Crippen molar-refractivity contribution in [3.63, 3.8) is 0 Å². The summed E-state index contributed by atoms with van der Waals surface area (Å²) in [6, 6.07) is 9.75. The standard InChI is InChI=1S/C15H10FN3O6/c16-14(21)18(12-8-4-2-6-10(12)17-15(22)23)13(20)9-5-1-3-7-11(9)19(24)25/h1-8,17H,(H,22,23). The van der Waals surface area contributed by atoms with Gasteiger partial charge in [-0.15, -0.1) is 4.39 Å². The molecule has 2 N–H and O–H groups in total. The molecule has 0 bridgehead atoms. The van der Waals surface area contributed by atoms with E-state index in [-0.39, 0.29) is 10.6 Å². The Kier molecular flexibility index (Phi) is 5.03. The fourth-order valence-corrected chi connectivity index (χ4v) is 2.11. The van der Waals surface area contributed by atoms with E-state index in [0.29, 0.717) is 0 Å². The topological polar surface area (TPSA) is 130 Å². The third kappa shape index (κ3) is 3.75. The fourth-order valence-electron chi connectivity index (χ4n) is 2.11. The van der Waals surface area contributed by atoms with Gasteiger partial charge in [-0.2, -0.15) is 0 Å². The van der Waals surface area contributed by atoms with E-state index in [9.17, 15) is 28.9 Å². The zero-order chi connectivity index (χ0) is 18.6. The number of nitrogens with zero attached hydrogens (tertiary/aromatic N) is 2. The number of amides is 3. The molecular weight excluding hydrogens is 337 g/mol. The highest BCUT2D eigenvalue weighted by Crippen LogP contribution is 2.30. The first-order chi connectivity index (χ1) is 11.8. The molecule has 0 radical (unpaired) electrons. The molecule has 0 saturated carbocycles. The summed E-state index contributed by atoms with van der Waals surface area (Å²) in [6.45, 7) is 0. The Morgan fingerprint density at radius 1 is 1.08 bits per heavy atom. The summed E-state index contributed by atoms with van der Waals surface area (Å²) in [4.78, 5) is 44.9. The Morgan fingerprint density at radius 3 is 2.28 bits per heavy atom. The van der Waals surface area contributed by atoms with Crippen LogP contribution in [0.1, 0.15) is 10.4 Å². The highest BCUT2D eigenvalue weighted by atomic mass is 19.1. The van der Waals surface area contributed by atoms with Gasteiger partial charge in [-0.25, -0.2) is 14.5 Å². The van der Waals surface area contributed by atoms with Crippen molar-refractivity contribution < 1.29 is 28.8 Å². The third-order valence-corrected chi connectivity index (χ3v) is 3.10. The lowest BCUT2D eigenvalue weighted by Gasteiger charge is -2.19. The van der Waals surface area contributed by atoms with Gasteiger partial charge in [0, 0.05) is 6.07 Å². The lowest BCUT2D eigenvalue weighted by Crippen LogP contribution is -2.34. The number of nitro benzene ring substituents is 1. The van der Waals surface area contributed by atoms with Crippen molar-refractivity contribution >= 4 is 35.2 Å². The summed E-state index contributed by atoms with van der Waals surface area (Å²) in [5.74, 6) is -1.31. The first-order valence-corrected chi connectivity index (χ1v) is 6.69. The zero-order valence-electron chi connectivity index (χ0n) is 12.4. The van der Waals surface area contributed by atoms with Crippen LogP contribution in [0.4, 0.5) is 31.0 Å². The van der Waals surface area contributed by atoms with Crippen LogP contribution in [0.3, 0.4) is 0 Å². The second kappa shape index (κ2) is 7.17. The molecule has 0 atom stereocenters. The van der Waals surface area contributed by atoms with E-state index in [4.69, 9.17) is 5.11 Å². The summed E-state index contributed by atoms with van der Waals surface area (Å²) < 4.78 is 13.6. The van der Waals surface area contributed by atoms with Gasteiger partial charge < -0.3 is 5.11 Å². The van der Waals surface area contributed by atoms with Gasteiger partial charge in [0.1, 0.15) is 5.56 Å². The monoisotopic (exact) mass is 347 g/mol. The second-order valence-electron chi connectivity index (χ2n) is 4.62. The Labute approximate surface area is 139 Å². The van der Waals surface area contributed by atoms with Crippen LogP contribution in [0.15, 0.2) is 48.5 Å². The van der Waals surface area contributed by atoms with E-state index < -0.39 is 40.0 Å². The van der Waals surface area contributed by atoms with Gasteiger partial charge >= 0.3 is 12.3 Å². The van der Waals surface area contributed by atoms with Crippen LogP contribution in [0, 0.1) is 10.1 Å². The molecule has 0 aromatic heterocycles. The van der Waals surface area contributed by atoms with E-state index in [0.717, 1.165) is 18.2 Å².